The lowest BCUT2D eigenvalue weighted by molar-refractivity contribution is 0.162. The molecule has 0 saturated carbocycles. The molecule has 19 heavy (non-hydrogen) atoms. The van der Waals surface area contributed by atoms with E-state index in [0.29, 0.717) is 12.1 Å². The number of aromatic nitrogens is 2. The van der Waals surface area contributed by atoms with Crippen LogP contribution in [0, 0.1) is 0 Å². The third kappa shape index (κ3) is 2.76. The van der Waals surface area contributed by atoms with Gasteiger partial charge in [-0.2, -0.15) is 4.98 Å². The number of piperidine rings is 1. The number of ether oxygens (including phenoxy) is 2. The second-order valence-electron chi connectivity index (χ2n) is 4.64. The molecular formula is C14H17N3O2. The number of methoxy groups -OCH3 is 1. The molecule has 5 heteroatoms. The molecule has 0 atom stereocenters. The van der Waals surface area contributed by atoms with Crippen LogP contribution in [0.1, 0.15) is 12.8 Å². The van der Waals surface area contributed by atoms with Gasteiger partial charge in [-0.05, 0) is 44.1 Å². The van der Waals surface area contributed by atoms with E-state index < -0.39 is 0 Å². The maximum atomic E-state index is 5.99. The Balaban J connectivity index is 1.80. The van der Waals surface area contributed by atoms with E-state index in [9.17, 15) is 0 Å². The van der Waals surface area contributed by atoms with Crippen molar-refractivity contribution in [3.05, 3.63) is 24.4 Å². The predicted molar refractivity (Wildman–Crippen MR) is 72.6 cm³/mol. The fourth-order valence-electron chi connectivity index (χ4n) is 2.27. The summed E-state index contributed by atoms with van der Waals surface area (Å²) in [5.74, 6) is 0.883. The number of nitrogens with one attached hydrogen (secondary N) is 1. The predicted octanol–water partition coefficient (Wildman–Crippen LogP) is 1.77. The first-order valence-electron chi connectivity index (χ1n) is 6.53. The van der Waals surface area contributed by atoms with Crippen LogP contribution in [0.3, 0.4) is 0 Å². The summed E-state index contributed by atoms with van der Waals surface area (Å²) in [5.41, 5.74) is 0.865. The van der Waals surface area contributed by atoms with Crippen molar-refractivity contribution in [3.8, 4) is 11.8 Å². The van der Waals surface area contributed by atoms with Crippen LogP contribution in [0.5, 0.6) is 11.8 Å². The Morgan fingerprint density at radius 1 is 1.26 bits per heavy atom. The van der Waals surface area contributed by atoms with Crippen LogP contribution in [0.15, 0.2) is 24.4 Å². The highest BCUT2D eigenvalue weighted by Crippen LogP contribution is 2.22. The van der Waals surface area contributed by atoms with Crippen molar-refractivity contribution in [2.24, 2.45) is 0 Å². The highest BCUT2D eigenvalue weighted by Gasteiger charge is 2.14. The number of fused-ring (bicyclic) bond motifs is 1. The van der Waals surface area contributed by atoms with E-state index in [4.69, 9.17) is 9.47 Å². The third-order valence-corrected chi connectivity index (χ3v) is 3.30. The summed E-state index contributed by atoms with van der Waals surface area (Å²) in [7, 11) is 1.57. The Morgan fingerprint density at radius 3 is 2.89 bits per heavy atom. The number of nitrogens with zero attached hydrogens (tertiary/aromatic N) is 2. The van der Waals surface area contributed by atoms with Gasteiger partial charge in [-0.1, -0.05) is 0 Å². The average molecular weight is 259 g/mol. The maximum Gasteiger partial charge on any atom is 0.316 e. The zero-order valence-corrected chi connectivity index (χ0v) is 10.9. The lowest BCUT2D eigenvalue weighted by Gasteiger charge is -2.23. The Bertz CT molecular complexity index is 568. The van der Waals surface area contributed by atoms with Crippen LogP contribution in [-0.4, -0.2) is 36.3 Å². The van der Waals surface area contributed by atoms with Crippen LogP contribution >= 0.6 is 0 Å². The second kappa shape index (κ2) is 5.40. The lowest BCUT2D eigenvalue weighted by Crippen LogP contribution is -2.34. The molecule has 1 N–H and O–H groups in total. The second-order valence-corrected chi connectivity index (χ2v) is 4.64. The topological polar surface area (TPSA) is 56.3 Å². The van der Waals surface area contributed by atoms with Gasteiger partial charge in [-0.15, -0.1) is 0 Å². The molecule has 0 spiro atoms. The van der Waals surface area contributed by atoms with Gasteiger partial charge in [0.05, 0.1) is 12.6 Å². The fourth-order valence-corrected chi connectivity index (χ4v) is 2.27. The normalized spacial score (nSPS) is 16.5. The van der Waals surface area contributed by atoms with Gasteiger partial charge in [0, 0.05) is 11.6 Å². The van der Waals surface area contributed by atoms with Crippen molar-refractivity contribution in [3.63, 3.8) is 0 Å². The molecule has 0 radical (unpaired) electrons. The molecule has 2 heterocycles. The maximum absolute atomic E-state index is 5.99. The van der Waals surface area contributed by atoms with Crippen LogP contribution in [-0.2, 0) is 0 Å². The van der Waals surface area contributed by atoms with Gasteiger partial charge in [0.1, 0.15) is 11.9 Å². The number of hydrogen-bond acceptors (Lipinski definition) is 5. The number of hydrogen-bond donors (Lipinski definition) is 1. The molecule has 1 aromatic heterocycles. The van der Waals surface area contributed by atoms with Crippen LogP contribution < -0.4 is 14.8 Å². The highest BCUT2D eigenvalue weighted by atomic mass is 16.5. The van der Waals surface area contributed by atoms with E-state index >= 15 is 0 Å². The molecule has 1 aliphatic heterocycles. The van der Waals surface area contributed by atoms with Gasteiger partial charge in [0.2, 0.25) is 0 Å². The largest absolute Gasteiger partial charge is 0.490 e. The van der Waals surface area contributed by atoms with Gasteiger partial charge >= 0.3 is 6.01 Å². The molecule has 1 saturated heterocycles. The quantitative estimate of drug-likeness (QED) is 0.910. The fraction of sp³-hybridized carbons (Fsp3) is 0.429. The Kier molecular flexibility index (Phi) is 3.46. The van der Waals surface area contributed by atoms with Crippen molar-refractivity contribution >= 4 is 10.9 Å². The van der Waals surface area contributed by atoms with Gasteiger partial charge < -0.3 is 14.8 Å². The first-order valence-corrected chi connectivity index (χ1v) is 6.53. The van der Waals surface area contributed by atoms with Crippen molar-refractivity contribution in [2.45, 2.75) is 18.9 Å². The van der Waals surface area contributed by atoms with E-state index in [-0.39, 0.29) is 0 Å². The summed E-state index contributed by atoms with van der Waals surface area (Å²) in [4.78, 5) is 8.40. The van der Waals surface area contributed by atoms with Crippen molar-refractivity contribution < 1.29 is 9.47 Å². The average Bonchev–Trinajstić information content (AvgIpc) is 2.48. The van der Waals surface area contributed by atoms with Gasteiger partial charge in [-0.3, -0.25) is 0 Å². The zero-order chi connectivity index (χ0) is 13.1. The summed E-state index contributed by atoms with van der Waals surface area (Å²) >= 11 is 0. The molecule has 3 rings (SSSR count). The van der Waals surface area contributed by atoms with Crippen molar-refractivity contribution in [2.75, 3.05) is 20.2 Å². The minimum Gasteiger partial charge on any atom is -0.490 e. The summed E-state index contributed by atoms with van der Waals surface area (Å²) in [6.07, 6.45) is 4.17. The minimum absolute atomic E-state index is 0.304. The minimum atomic E-state index is 0.304. The molecule has 5 nitrogen and oxygen atoms in total. The van der Waals surface area contributed by atoms with Crippen molar-refractivity contribution in [1.29, 1.82) is 0 Å². The first-order chi connectivity index (χ1) is 9.35. The van der Waals surface area contributed by atoms with E-state index in [1.807, 2.05) is 18.2 Å². The molecule has 0 amide bonds. The van der Waals surface area contributed by atoms with Crippen molar-refractivity contribution in [1.82, 2.24) is 15.3 Å². The monoisotopic (exact) mass is 259 g/mol. The molecule has 0 aliphatic carbocycles. The molecule has 0 unspecified atom stereocenters. The molecule has 1 aliphatic rings. The zero-order valence-electron chi connectivity index (χ0n) is 10.9. The number of benzene rings is 1. The van der Waals surface area contributed by atoms with Gasteiger partial charge in [0.25, 0.3) is 0 Å². The first kappa shape index (κ1) is 12.2. The third-order valence-electron chi connectivity index (χ3n) is 3.30. The summed E-state index contributed by atoms with van der Waals surface area (Å²) in [6.45, 7) is 2.05. The summed E-state index contributed by atoms with van der Waals surface area (Å²) in [6, 6.07) is 6.27. The van der Waals surface area contributed by atoms with Crippen LogP contribution in [0.2, 0.25) is 0 Å². The smallest absolute Gasteiger partial charge is 0.316 e. The molecule has 2 aromatic rings. The van der Waals surface area contributed by atoms with Crippen LogP contribution in [0.4, 0.5) is 0 Å². The SMILES string of the molecule is COc1ncc2cc(OC3CCNCC3)ccc2n1. The molecule has 1 fully saturated rings. The Labute approximate surface area is 112 Å². The summed E-state index contributed by atoms with van der Waals surface area (Å²) in [5, 5.41) is 4.29. The summed E-state index contributed by atoms with van der Waals surface area (Å²) < 4.78 is 11.0. The van der Waals surface area contributed by atoms with Gasteiger partial charge in [-0.25, -0.2) is 4.98 Å². The molecular weight excluding hydrogens is 242 g/mol. The Morgan fingerprint density at radius 2 is 2.11 bits per heavy atom. The molecule has 100 valence electrons. The van der Waals surface area contributed by atoms with E-state index in [2.05, 4.69) is 15.3 Å². The molecule has 0 bridgehead atoms. The van der Waals surface area contributed by atoms with E-state index in [1.54, 1.807) is 13.3 Å². The standard InChI is InChI=1S/C14H17N3O2/c1-18-14-16-9-10-8-12(2-3-13(10)17-14)19-11-4-6-15-7-5-11/h2-3,8-9,11,15H,4-7H2,1H3. The van der Waals surface area contributed by atoms with E-state index in [0.717, 1.165) is 42.6 Å². The highest BCUT2D eigenvalue weighted by molar-refractivity contribution is 5.79. The van der Waals surface area contributed by atoms with Gasteiger partial charge in [0.15, 0.2) is 0 Å². The molecule has 1 aromatic carbocycles. The lowest BCUT2D eigenvalue weighted by atomic mass is 10.1. The van der Waals surface area contributed by atoms with Crippen LogP contribution in [0.25, 0.3) is 10.9 Å². The van der Waals surface area contributed by atoms with E-state index in [1.165, 1.54) is 0 Å². The number of rotatable bonds is 3. The Hall–Kier alpha value is -1.88.